The van der Waals surface area contributed by atoms with Crippen LogP contribution in [0.3, 0.4) is 0 Å². The van der Waals surface area contributed by atoms with Gasteiger partial charge in [-0.2, -0.15) is 5.26 Å². The largest absolute Gasteiger partial charge is 0.497 e. The van der Waals surface area contributed by atoms with Gasteiger partial charge in [0.1, 0.15) is 23.1 Å². The van der Waals surface area contributed by atoms with Crippen molar-refractivity contribution in [1.82, 2.24) is 4.57 Å². The van der Waals surface area contributed by atoms with Crippen molar-refractivity contribution in [2.24, 2.45) is 0 Å². The van der Waals surface area contributed by atoms with E-state index in [2.05, 4.69) is 0 Å². The number of aromatic nitrogens is 1. The molecule has 3 aromatic rings. The SMILES string of the molecule is COc1ccc(CCn2c(O)c(C(=O)c3ccc(OC)c(Cl)c3)c(C)c(C#N)c2=O)cc1. The molecular formula is C24H21ClN2O5. The maximum absolute atomic E-state index is 13.2. The summed E-state index contributed by atoms with van der Waals surface area (Å²) in [6.07, 6.45) is 0.396. The number of carbonyl (C=O) groups excluding carboxylic acids is 1. The first-order valence-electron chi connectivity index (χ1n) is 9.70. The molecule has 0 saturated carbocycles. The van der Waals surface area contributed by atoms with Crippen LogP contribution in [0.25, 0.3) is 0 Å². The highest BCUT2D eigenvalue weighted by atomic mass is 35.5. The van der Waals surface area contributed by atoms with E-state index < -0.39 is 17.2 Å². The third kappa shape index (κ3) is 4.32. The summed E-state index contributed by atoms with van der Waals surface area (Å²) in [7, 11) is 3.02. The summed E-state index contributed by atoms with van der Waals surface area (Å²) >= 11 is 6.14. The first kappa shape index (κ1) is 22.9. The van der Waals surface area contributed by atoms with E-state index in [-0.39, 0.29) is 33.8 Å². The fraction of sp³-hybridized carbons (Fsp3) is 0.208. The Labute approximate surface area is 190 Å². The monoisotopic (exact) mass is 452 g/mol. The molecule has 0 aliphatic heterocycles. The second kappa shape index (κ2) is 9.58. The van der Waals surface area contributed by atoms with Gasteiger partial charge in [-0.05, 0) is 54.8 Å². The number of aromatic hydroxyl groups is 1. The minimum atomic E-state index is -0.652. The topological polar surface area (TPSA) is 102 Å². The fourth-order valence-electron chi connectivity index (χ4n) is 3.42. The van der Waals surface area contributed by atoms with E-state index >= 15 is 0 Å². The zero-order valence-electron chi connectivity index (χ0n) is 17.8. The van der Waals surface area contributed by atoms with Crippen molar-refractivity contribution >= 4 is 17.4 Å². The Morgan fingerprint density at radius 3 is 2.41 bits per heavy atom. The molecule has 0 spiro atoms. The Morgan fingerprint density at radius 1 is 1.16 bits per heavy atom. The van der Waals surface area contributed by atoms with Gasteiger partial charge in [-0.25, -0.2) is 0 Å². The Bertz CT molecular complexity index is 1270. The van der Waals surface area contributed by atoms with Crippen LogP contribution in [0, 0.1) is 18.3 Å². The van der Waals surface area contributed by atoms with Crippen molar-refractivity contribution in [3.8, 4) is 23.4 Å². The lowest BCUT2D eigenvalue weighted by Crippen LogP contribution is -2.27. The lowest BCUT2D eigenvalue weighted by molar-refractivity contribution is 0.103. The number of pyridine rings is 1. The van der Waals surface area contributed by atoms with Gasteiger partial charge in [-0.3, -0.25) is 14.2 Å². The average molecular weight is 453 g/mol. The zero-order valence-corrected chi connectivity index (χ0v) is 18.6. The molecule has 0 saturated heterocycles. The molecule has 8 heteroatoms. The highest BCUT2D eigenvalue weighted by Crippen LogP contribution is 2.29. The van der Waals surface area contributed by atoms with E-state index in [0.29, 0.717) is 17.9 Å². The second-order valence-electron chi connectivity index (χ2n) is 7.04. The minimum absolute atomic E-state index is 0.0790. The molecule has 3 rings (SSSR count). The number of carbonyl (C=O) groups is 1. The van der Waals surface area contributed by atoms with Gasteiger partial charge in [-0.1, -0.05) is 23.7 Å². The van der Waals surface area contributed by atoms with Gasteiger partial charge in [0.25, 0.3) is 5.56 Å². The standard InChI is InChI=1S/C24H21ClN2O5/c1-14-18(13-26)23(29)27(11-10-15-4-7-17(31-2)8-5-15)24(30)21(14)22(28)16-6-9-20(32-3)19(25)12-16/h4-9,12,30H,10-11H2,1-3H3. The van der Waals surface area contributed by atoms with E-state index in [1.807, 2.05) is 18.2 Å². The lowest BCUT2D eigenvalue weighted by atomic mass is 9.97. The molecule has 0 bridgehead atoms. The van der Waals surface area contributed by atoms with Crippen LogP contribution in [0.2, 0.25) is 5.02 Å². The number of methoxy groups -OCH3 is 2. The van der Waals surface area contributed by atoms with Crippen molar-refractivity contribution in [2.45, 2.75) is 19.9 Å². The van der Waals surface area contributed by atoms with E-state index in [0.717, 1.165) is 10.1 Å². The molecule has 0 aliphatic carbocycles. The number of ketones is 1. The molecule has 0 aliphatic rings. The molecule has 7 nitrogen and oxygen atoms in total. The van der Waals surface area contributed by atoms with Crippen molar-refractivity contribution in [2.75, 3.05) is 14.2 Å². The molecule has 0 unspecified atom stereocenters. The number of hydrogen-bond acceptors (Lipinski definition) is 6. The summed E-state index contributed by atoms with van der Waals surface area (Å²) in [5, 5.41) is 20.7. The van der Waals surface area contributed by atoms with Gasteiger partial charge in [0, 0.05) is 12.1 Å². The predicted molar refractivity (Wildman–Crippen MR) is 120 cm³/mol. The van der Waals surface area contributed by atoms with Gasteiger partial charge in [-0.15, -0.1) is 0 Å². The maximum atomic E-state index is 13.2. The van der Waals surface area contributed by atoms with Crippen molar-refractivity contribution in [3.05, 3.63) is 85.7 Å². The molecular weight excluding hydrogens is 432 g/mol. The summed E-state index contributed by atoms with van der Waals surface area (Å²) in [5.74, 6) is 0.0458. The van der Waals surface area contributed by atoms with Crippen LogP contribution in [-0.4, -0.2) is 29.7 Å². The van der Waals surface area contributed by atoms with E-state index in [1.165, 1.54) is 32.2 Å². The third-order valence-corrected chi connectivity index (χ3v) is 5.52. The van der Waals surface area contributed by atoms with Crippen LogP contribution in [0.5, 0.6) is 17.4 Å². The second-order valence-corrected chi connectivity index (χ2v) is 7.45. The Kier molecular flexibility index (Phi) is 6.86. The van der Waals surface area contributed by atoms with Crippen LogP contribution in [-0.2, 0) is 13.0 Å². The number of benzene rings is 2. The Hall–Kier alpha value is -3.76. The summed E-state index contributed by atoms with van der Waals surface area (Å²) in [5.41, 5.74) is 0.245. The van der Waals surface area contributed by atoms with Crippen LogP contribution < -0.4 is 15.0 Å². The van der Waals surface area contributed by atoms with Gasteiger partial charge < -0.3 is 14.6 Å². The molecule has 0 amide bonds. The molecule has 1 N–H and O–H groups in total. The molecule has 0 atom stereocenters. The Morgan fingerprint density at radius 2 is 1.84 bits per heavy atom. The number of nitrogens with zero attached hydrogens (tertiary/aromatic N) is 2. The molecule has 164 valence electrons. The molecule has 2 aromatic carbocycles. The van der Waals surface area contributed by atoms with Crippen LogP contribution >= 0.6 is 11.6 Å². The summed E-state index contributed by atoms with van der Waals surface area (Å²) in [4.78, 5) is 26.0. The van der Waals surface area contributed by atoms with Crippen LogP contribution in [0.1, 0.15) is 32.6 Å². The highest BCUT2D eigenvalue weighted by Gasteiger charge is 2.25. The predicted octanol–water partition coefficient (Wildman–Crippen LogP) is 3.88. The Balaban J connectivity index is 2.05. The summed E-state index contributed by atoms with van der Waals surface area (Å²) in [6, 6.07) is 13.6. The normalized spacial score (nSPS) is 10.5. The maximum Gasteiger partial charge on any atom is 0.271 e. The van der Waals surface area contributed by atoms with Crippen molar-refractivity contribution in [3.63, 3.8) is 0 Å². The highest BCUT2D eigenvalue weighted by molar-refractivity contribution is 6.32. The number of halogens is 1. The van der Waals surface area contributed by atoms with Crippen molar-refractivity contribution in [1.29, 1.82) is 5.26 Å². The average Bonchev–Trinajstić information content (AvgIpc) is 2.79. The van der Waals surface area contributed by atoms with Gasteiger partial charge in [0.15, 0.2) is 5.78 Å². The number of hydrogen-bond donors (Lipinski definition) is 1. The first-order chi connectivity index (χ1) is 15.3. The van der Waals surface area contributed by atoms with Gasteiger partial charge in [0.2, 0.25) is 5.88 Å². The lowest BCUT2D eigenvalue weighted by Gasteiger charge is -2.16. The van der Waals surface area contributed by atoms with Gasteiger partial charge >= 0.3 is 0 Å². The van der Waals surface area contributed by atoms with Crippen molar-refractivity contribution < 1.29 is 19.4 Å². The number of ether oxygens (including phenoxy) is 2. The fourth-order valence-corrected chi connectivity index (χ4v) is 3.67. The first-order valence-corrected chi connectivity index (χ1v) is 10.1. The minimum Gasteiger partial charge on any atom is -0.497 e. The molecule has 32 heavy (non-hydrogen) atoms. The summed E-state index contributed by atoms with van der Waals surface area (Å²) < 4.78 is 11.3. The number of nitriles is 1. The third-order valence-electron chi connectivity index (χ3n) is 5.22. The van der Waals surface area contributed by atoms with E-state index in [4.69, 9.17) is 21.1 Å². The number of aryl methyl sites for hydroxylation is 1. The van der Waals surface area contributed by atoms with Crippen LogP contribution in [0.15, 0.2) is 47.3 Å². The van der Waals surface area contributed by atoms with E-state index in [1.54, 1.807) is 19.2 Å². The smallest absolute Gasteiger partial charge is 0.271 e. The summed E-state index contributed by atoms with van der Waals surface area (Å²) in [6.45, 7) is 1.54. The molecule has 0 fully saturated rings. The van der Waals surface area contributed by atoms with E-state index in [9.17, 15) is 20.0 Å². The zero-order chi connectivity index (χ0) is 23.4. The van der Waals surface area contributed by atoms with Crippen LogP contribution in [0.4, 0.5) is 0 Å². The molecule has 1 aromatic heterocycles. The molecule has 0 radical (unpaired) electrons. The number of rotatable bonds is 7. The molecule has 1 heterocycles. The van der Waals surface area contributed by atoms with Gasteiger partial charge in [0.05, 0.1) is 24.8 Å². The quantitative estimate of drug-likeness (QED) is 0.546.